The Morgan fingerprint density at radius 2 is 2.05 bits per heavy atom. The highest BCUT2D eigenvalue weighted by atomic mass is 32.1. The third kappa shape index (κ3) is 2.50. The van der Waals surface area contributed by atoms with E-state index >= 15 is 0 Å². The lowest BCUT2D eigenvalue weighted by molar-refractivity contribution is 0.646. The molecule has 0 amide bonds. The first-order valence-corrected chi connectivity index (χ1v) is 7.55. The van der Waals surface area contributed by atoms with Crippen LogP contribution in [0, 0.1) is 5.92 Å². The van der Waals surface area contributed by atoms with E-state index in [9.17, 15) is 9.59 Å². The molecular weight excluding hydrogens is 272 g/mol. The van der Waals surface area contributed by atoms with Crippen LogP contribution in [0.25, 0.3) is 10.2 Å². The number of rotatable bonds is 4. The summed E-state index contributed by atoms with van der Waals surface area (Å²) < 4.78 is 2.84. The summed E-state index contributed by atoms with van der Waals surface area (Å²) in [5.74, 6) is 0.471. The van der Waals surface area contributed by atoms with Crippen LogP contribution in [0.3, 0.4) is 0 Å². The number of thiophene rings is 1. The van der Waals surface area contributed by atoms with Gasteiger partial charge in [-0.15, -0.1) is 11.3 Å². The first kappa shape index (κ1) is 14.8. The van der Waals surface area contributed by atoms with Gasteiger partial charge in [-0.2, -0.15) is 0 Å². The largest absolute Gasteiger partial charge is 0.332 e. The zero-order chi connectivity index (χ0) is 15.0. The van der Waals surface area contributed by atoms with E-state index in [1.807, 2.05) is 12.3 Å². The molecular formula is C15H20N2O2S. The van der Waals surface area contributed by atoms with E-state index in [0.29, 0.717) is 17.8 Å². The molecule has 0 N–H and O–H groups in total. The molecule has 0 aliphatic rings. The van der Waals surface area contributed by atoms with Crippen LogP contribution < -0.4 is 11.2 Å². The SMILES string of the molecule is C=C(C)Cn1c(=O)n(C)c(=O)c2c(CC(C)C)csc21. The molecule has 0 bridgehead atoms. The van der Waals surface area contributed by atoms with Gasteiger partial charge in [0.2, 0.25) is 0 Å². The minimum Gasteiger partial charge on any atom is -0.280 e. The maximum Gasteiger partial charge on any atom is 0.332 e. The molecule has 4 nitrogen and oxygen atoms in total. The van der Waals surface area contributed by atoms with Crippen molar-refractivity contribution in [2.45, 2.75) is 33.7 Å². The number of fused-ring (bicyclic) bond motifs is 1. The van der Waals surface area contributed by atoms with Crippen LogP contribution in [0.1, 0.15) is 26.3 Å². The van der Waals surface area contributed by atoms with Crippen molar-refractivity contribution in [2.75, 3.05) is 0 Å². The summed E-state index contributed by atoms with van der Waals surface area (Å²) in [5, 5.41) is 2.69. The molecule has 2 aromatic heterocycles. The van der Waals surface area contributed by atoms with Gasteiger partial charge >= 0.3 is 5.69 Å². The molecule has 0 aliphatic heterocycles. The molecule has 0 fully saturated rings. The lowest BCUT2D eigenvalue weighted by Crippen LogP contribution is -2.38. The summed E-state index contributed by atoms with van der Waals surface area (Å²) in [6.07, 6.45) is 0.848. The van der Waals surface area contributed by atoms with Crippen molar-refractivity contribution in [3.05, 3.63) is 43.9 Å². The smallest absolute Gasteiger partial charge is 0.280 e. The van der Waals surface area contributed by atoms with Crippen molar-refractivity contribution in [1.29, 1.82) is 0 Å². The minimum absolute atomic E-state index is 0.195. The molecule has 20 heavy (non-hydrogen) atoms. The van der Waals surface area contributed by atoms with E-state index in [4.69, 9.17) is 0 Å². The second kappa shape index (κ2) is 5.40. The Hall–Kier alpha value is -1.62. The van der Waals surface area contributed by atoms with Gasteiger partial charge in [0.15, 0.2) is 0 Å². The van der Waals surface area contributed by atoms with Gasteiger partial charge in [0.05, 0.1) is 5.39 Å². The highest BCUT2D eigenvalue weighted by Gasteiger charge is 2.16. The molecule has 2 rings (SSSR count). The number of allylic oxidation sites excluding steroid dienone is 1. The van der Waals surface area contributed by atoms with Crippen LogP contribution in [-0.2, 0) is 20.0 Å². The summed E-state index contributed by atoms with van der Waals surface area (Å²) in [6.45, 7) is 10.4. The predicted octanol–water partition coefficient (Wildman–Crippen LogP) is 2.54. The van der Waals surface area contributed by atoms with Gasteiger partial charge in [0, 0.05) is 13.6 Å². The van der Waals surface area contributed by atoms with Crippen molar-refractivity contribution in [2.24, 2.45) is 13.0 Å². The van der Waals surface area contributed by atoms with Crippen LogP contribution in [0.15, 0.2) is 27.1 Å². The van der Waals surface area contributed by atoms with Gasteiger partial charge in [-0.1, -0.05) is 26.0 Å². The molecule has 5 heteroatoms. The summed E-state index contributed by atoms with van der Waals surface area (Å²) in [4.78, 5) is 25.4. The maximum atomic E-state index is 12.4. The first-order valence-electron chi connectivity index (χ1n) is 6.67. The van der Waals surface area contributed by atoms with Crippen LogP contribution in [0.4, 0.5) is 0 Å². The standard InChI is InChI=1S/C15H20N2O2S/c1-9(2)6-11-8-20-14-12(11)13(18)16(5)15(19)17(14)7-10(3)4/h8-9H,3,6-7H2,1-2,4-5H3. The zero-order valence-corrected chi connectivity index (χ0v) is 13.2. The first-order chi connectivity index (χ1) is 9.32. The van der Waals surface area contributed by atoms with E-state index in [0.717, 1.165) is 22.4 Å². The van der Waals surface area contributed by atoms with Gasteiger partial charge in [0.25, 0.3) is 5.56 Å². The van der Waals surface area contributed by atoms with Crippen molar-refractivity contribution in [3.8, 4) is 0 Å². The van der Waals surface area contributed by atoms with Gasteiger partial charge in [-0.3, -0.25) is 13.9 Å². The molecule has 2 aromatic rings. The molecule has 0 spiro atoms. The zero-order valence-electron chi connectivity index (χ0n) is 12.4. The van der Waals surface area contributed by atoms with Crippen LogP contribution in [0.2, 0.25) is 0 Å². The van der Waals surface area contributed by atoms with E-state index < -0.39 is 0 Å². The minimum atomic E-state index is -0.275. The van der Waals surface area contributed by atoms with Gasteiger partial charge < -0.3 is 0 Å². The summed E-state index contributed by atoms with van der Waals surface area (Å²) >= 11 is 1.47. The molecule has 0 aromatic carbocycles. The van der Waals surface area contributed by atoms with Crippen LogP contribution in [-0.4, -0.2) is 9.13 Å². The Bertz CT molecular complexity index is 777. The fourth-order valence-corrected chi connectivity index (χ4v) is 3.41. The molecule has 0 saturated carbocycles. The lowest BCUT2D eigenvalue weighted by Gasteiger charge is -2.10. The molecule has 0 saturated heterocycles. The highest BCUT2D eigenvalue weighted by molar-refractivity contribution is 7.17. The van der Waals surface area contributed by atoms with E-state index in [1.54, 1.807) is 4.57 Å². The molecule has 0 atom stereocenters. The van der Waals surface area contributed by atoms with Gasteiger partial charge in [-0.05, 0) is 30.2 Å². The number of hydrogen-bond acceptors (Lipinski definition) is 3. The normalized spacial score (nSPS) is 11.4. The topological polar surface area (TPSA) is 44.0 Å². The van der Waals surface area contributed by atoms with Crippen molar-refractivity contribution < 1.29 is 0 Å². The number of hydrogen-bond donors (Lipinski definition) is 0. The molecule has 0 aliphatic carbocycles. The second-order valence-electron chi connectivity index (χ2n) is 5.73. The Morgan fingerprint density at radius 3 is 2.60 bits per heavy atom. The van der Waals surface area contributed by atoms with E-state index in [2.05, 4.69) is 20.4 Å². The third-order valence-corrected chi connectivity index (χ3v) is 4.24. The Balaban J connectivity index is 2.81. The number of aromatic nitrogens is 2. The predicted molar refractivity (Wildman–Crippen MR) is 84.7 cm³/mol. The Morgan fingerprint density at radius 1 is 1.40 bits per heavy atom. The highest BCUT2D eigenvalue weighted by Crippen LogP contribution is 2.24. The average molecular weight is 292 g/mol. The van der Waals surface area contributed by atoms with Gasteiger partial charge in [-0.25, -0.2) is 4.79 Å². The van der Waals surface area contributed by atoms with Crippen molar-refractivity contribution >= 4 is 21.6 Å². The molecule has 108 valence electrons. The van der Waals surface area contributed by atoms with Crippen LogP contribution >= 0.6 is 11.3 Å². The maximum absolute atomic E-state index is 12.4. The van der Waals surface area contributed by atoms with Crippen molar-refractivity contribution in [3.63, 3.8) is 0 Å². The Labute approximate surface area is 122 Å². The van der Waals surface area contributed by atoms with Crippen molar-refractivity contribution in [1.82, 2.24) is 9.13 Å². The molecule has 2 heterocycles. The lowest BCUT2D eigenvalue weighted by atomic mass is 10.0. The number of nitrogens with zero attached hydrogens (tertiary/aromatic N) is 2. The van der Waals surface area contributed by atoms with Gasteiger partial charge in [0.1, 0.15) is 4.83 Å². The molecule has 0 radical (unpaired) electrons. The average Bonchev–Trinajstić information content (AvgIpc) is 2.74. The molecule has 0 unspecified atom stereocenters. The second-order valence-corrected chi connectivity index (χ2v) is 6.59. The fraction of sp³-hybridized carbons (Fsp3) is 0.467. The van der Waals surface area contributed by atoms with E-state index in [1.165, 1.54) is 23.0 Å². The summed E-state index contributed by atoms with van der Waals surface area (Å²) in [7, 11) is 1.54. The third-order valence-electron chi connectivity index (χ3n) is 3.19. The fourth-order valence-electron chi connectivity index (χ4n) is 2.33. The van der Waals surface area contributed by atoms with Crippen LogP contribution in [0.5, 0.6) is 0 Å². The summed E-state index contributed by atoms with van der Waals surface area (Å²) in [5.41, 5.74) is 1.46. The summed E-state index contributed by atoms with van der Waals surface area (Å²) in [6, 6.07) is 0. The van der Waals surface area contributed by atoms with E-state index in [-0.39, 0.29) is 11.2 Å². The Kier molecular flexibility index (Phi) is 3.99. The quantitative estimate of drug-likeness (QED) is 0.813. The monoisotopic (exact) mass is 292 g/mol.